The summed E-state index contributed by atoms with van der Waals surface area (Å²) >= 11 is 0. The Labute approximate surface area is 119 Å². The molecule has 1 N–H and O–H groups in total. The van der Waals surface area contributed by atoms with Gasteiger partial charge in [-0.2, -0.15) is 15.0 Å². The quantitative estimate of drug-likeness (QED) is 0.798. The monoisotopic (exact) mass is 283 g/mol. The van der Waals surface area contributed by atoms with E-state index in [1.807, 2.05) is 0 Å². The van der Waals surface area contributed by atoms with E-state index in [1.54, 1.807) is 36.7 Å². The van der Waals surface area contributed by atoms with E-state index in [-0.39, 0.29) is 5.56 Å². The third-order valence-corrected chi connectivity index (χ3v) is 2.79. The van der Waals surface area contributed by atoms with Crippen molar-refractivity contribution in [3.8, 4) is 5.69 Å². The summed E-state index contributed by atoms with van der Waals surface area (Å²) in [5.74, 6) is -1.19. The third kappa shape index (κ3) is 2.76. The predicted octanol–water partition coefficient (Wildman–Crippen LogP) is 2.05. The van der Waals surface area contributed by atoms with Gasteiger partial charge in [0.2, 0.25) is 0 Å². The van der Waals surface area contributed by atoms with Crippen molar-refractivity contribution in [3.05, 3.63) is 66.5 Å². The fraction of sp³-hybridized carbons (Fsp3) is 0. The molecule has 21 heavy (non-hydrogen) atoms. The normalized spacial score (nSPS) is 10.3. The number of amides is 1. The Morgan fingerprint density at radius 2 is 1.76 bits per heavy atom. The molecule has 0 saturated heterocycles. The number of anilines is 1. The van der Waals surface area contributed by atoms with Gasteiger partial charge in [-0.1, -0.05) is 0 Å². The van der Waals surface area contributed by atoms with Crippen LogP contribution in [0.25, 0.3) is 5.69 Å². The minimum absolute atomic E-state index is 0.0529. The van der Waals surface area contributed by atoms with Gasteiger partial charge >= 0.3 is 0 Å². The Bertz CT molecular complexity index is 755. The van der Waals surface area contributed by atoms with Crippen LogP contribution in [0, 0.1) is 5.82 Å². The van der Waals surface area contributed by atoms with E-state index in [9.17, 15) is 9.18 Å². The fourth-order valence-corrected chi connectivity index (χ4v) is 1.78. The molecule has 0 spiro atoms. The minimum Gasteiger partial charge on any atom is -0.322 e. The van der Waals surface area contributed by atoms with E-state index < -0.39 is 11.7 Å². The highest BCUT2D eigenvalue weighted by Gasteiger charge is 2.11. The molecule has 0 bridgehead atoms. The van der Waals surface area contributed by atoms with E-state index in [1.165, 1.54) is 17.1 Å². The molecule has 0 atom stereocenters. The van der Waals surface area contributed by atoms with Crippen molar-refractivity contribution in [2.24, 2.45) is 0 Å². The zero-order valence-corrected chi connectivity index (χ0v) is 10.8. The minimum atomic E-state index is -0.660. The number of rotatable bonds is 3. The van der Waals surface area contributed by atoms with Crippen molar-refractivity contribution in [1.82, 2.24) is 20.0 Å². The molecule has 0 fully saturated rings. The lowest BCUT2D eigenvalue weighted by molar-refractivity contribution is 0.102. The van der Waals surface area contributed by atoms with Gasteiger partial charge in [-0.05, 0) is 30.3 Å². The summed E-state index contributed by atoms with van der Waals surface area (Å²) in [5, 5.41) is 10.6. The molecule has 2 heterocycles. The van der Waals surface area contributed by atoms with E-state index in [4.69, 9.17) is 0 Å². The number of aromatic nitrogens is 4. The molecule has 104 valence electrons. The first-order valence-electron chi connectivity index (χ1n) is 6.11. The van der Waals surface area contributed by atoms with Crippen LogP contribution in [0.5, 0.6) is 0 Å². The molecular formula is C14H10FN5O. The second-order valence-electron chi connectivity index (χ2n) is 4.18. The maximum absolute atomic E-state index is 13.4. The van der Waals surface area contributed by atoms with Crippen molar-refractivity contribution in [2.75, 3.05) is 5.32 Å². The number of nitrogens with one attached hydrogen (secondary N) is 1. The molecule has 0 radical (unpaired) electrons. The van der Waals surface area contributed by atoms with Crippen LogP contribution < -0.4 is 5.32 Å². The van der Waals surface area contributed by atoms with Gasteiger partial charge in [-0.25, -0.2) is 4.39 Å². The average molecular weight is 283 g/mol. The molecule has 1 amide bonds. The number of nitrogens with zero attached hydrogens (tertiary/aromatic N) is 4. The molecule has 1 aromatic carbocycles. The number of pyridine rings is 1. The van der Waals surface area contributed by atoms with Crippen LogP contribution in [0.4, 0.5) is 10.1 Å². The lowest BCUT2D eigenvalue weighted by atomic mass is 10.2. The van der Waals surface area contributed by atoms with Gasteiger partial charge in [0, 0.05) is 11.9 Å². The zero-order valence-electron chi connectivity index (χ0n) is 10.8. The van der Waals surface area contributed by atoms with Crippen molar-refractivity contribution in [1.29, 1.82) is 0 Å². The molecule has 0 saturated carbocycles. The van der Waals surface area contributed by atoms with Crippen LogP contribution in [0.1, 0.15) is 10.4 Å². The second-order valence-corrected chi connectivity index (χ2v) is 4.18. The van der Waals surface area contributed by atoms with Crippen molar-refractivity contribution in [2.45, 2.75) is 0 Å². The van der Waals surface area contributed by atoms with E-state index in [0.29, 0.717) is 5.69 Å². The highest BCUT2D eigenvalue weighted by molar-refractivity contribution is 6.04. The summed E-state index contributed by atoms with van der Waals surface area (Å²) in [4.78, 5) is 17.0. The largest absolute Gasteiger partial charge is 0.322 e. The fourth-order valence-electron chi connectivity index (χ4n) is 1.78. The second kappa shape index (κ2) is 5.49. The smallest absolute Gasteiger partial charge is 0.258 e. The van der Waals surface area contributed by atoms with Gasteiger partial charge < -0.3 is 5.32 Å². The summed E-state index contributed by atoms with van der Waals surface area (Å²) in [5.41, 5.74) is 1.25. The molecule has 0 aliphatic rings. The SMILES string of the molecule is O=C(Nc1ccc(-n2nccn2)cc1)c1ccncc1F. The van der Waals surface area contributed by atoms with Crippen LogP contribution in [0.3, 0.4) is 0 Å². The Kier molecular flexibility index (Phi) is 3.38. The molecule has 2 aromatic heterocycles. The van der Waals surface area contributed by atoms with Crippen LogP contribution in [0.2, 0.25) is 0 Å². The molecule has 0 unspecified atom stereocenters. The van der Waals surface area contributed by atoms with E-state index in [0.717, 1.165) is 11.9 Å². The van der Waals surface area contributed by atoms with E-state index in [2.05, 4.69) is 20.5 Å². The number of hydrogen-bond acceptors (Lipinski definition) is 4. The van der Waals surface area contributed by atoms with Gasteiger partial charge in [0.15, 0.2) is 5.82 Å². The molecule has 6 nitrogen and oxygen atoms in total. The molecule has 7 heteroatoms. The number of halogens is 1. The van der Waals surface area contributed by atoms with Gasteiger partial charge in [-0.3, -0.25) is 9.78 Å². The van der Waals surface area contributed by atoms with Gasteiger partial charge in [0.25, 0.3) is 5.91 Å². The highest BCUT2D eigenvalue weighted by atomic mass is 19.1. The number of carbonyl (C=O) groups is 1. The third-order valence-electron chi connectivity index (χ3n) is 2.79. The van der Waals surface area contributed by atoms with Crippen LogP contribution in [0.15, 0.2) is 55.1 Å². The summed E-state index contributed by atoms with van der Waals surface area (Å²) < 4.78 is 13.4. The lowest BCUT2D eigenvalue weighted by Gasteiger charge is -2.06. The first-order chi connectivity index (χ1) is 10.2. The standard InChI is InChI=1S/C14H10FN5O/c15-13-9-16-6-5-12(13)14(21)19-10-1-3-11(4-2-10)20-17-7-8-18-20/h1-9H,(H,19,21). The Morgan fingerprint density at radius 3 is 2.43 bits per heavy atom. The number of benzene rings is 1. The lowest BCUT2D eigenvalue weighted by Crippen LogP contribution is -2.14. The Balaban J connectivity index is 1.77. The highest BCUT2D eigenvalue weighted by Crippen LogP contribution is 2.14. The number of hydrogen-bond donors (Lipinski definition) is 1. The van der Waals surface area contributed by atoms with Crippen LogP contribution in [-0.4, -0.2) is 25.9 Å². The summed E-state index contributed by atoms with van der Waals surface area (Å²) in [7, 11) is 0. The van der Waals surface area contributed by atoms with E-state index >= 15 is 0 Å². The maximum Gasteiger partial charge on any atom is 0.258 e. The topological polar surface area (TPSA) is 72.7 Å². The van der Waals surface area contributed by atoms with Crippen molar-refractivity contribution < 1.29 is 9.18 Å². The van der Waals surface area contributed by atoms with Gasteiger partial charge in [-0.15, -0.1) is 0 Å². The van der Waals surface area contributed by atoms with Crippen LogP contribution >= 0.6 is 0 Å². The maximum atomic E-state index is 13.4. The summed E-state index contributed by atoms with van der Waals surface area (Å²) in [6.45, 7) is 0. The Morgan fingerprint density at radius 1 is 1.05 bits per heavy atom. The number of carbonyl (C=O) groups excluding carboxylic acids is 1. The predicted molar refractivity (Wildman–Crippen MR) is 73.5 cm³/mol. The molecular weight excluding hydrogens is 273 g/mol. The van der Waals surface area contributed by atoms with Gasteiger partial charge in [0.1, 0.15) is 0 Å². The van der Waals surface area contributed by atoms with Gasteiger partial charge in [0.05, 0.1) is 29.8 Å². The molecule has 0 aliphatic carbocycles. The zero-order chi connectivity index (χ0) is 14.7. The Hall–Kier alpha value is -3.09. The van der Waals surface area contributed by atoms with Crippen molar-refractivity contribution in [3.63, 3.8) is 0 Å². The molecule has 3 rings (SSSR count). The molecule has 0 aliphatic heterocycles. The first-order valence-corrected chi connectivity index (χ1v) is 6.11. The average Bonchev–Trinajstić information content (AvgIpc) is 3.02. The van der Waals surface area contributed by atoms with Crippen LogP contribution in [-0.2, 0) is 0 Å². The summed E-state index contributed by atoms with van der Waals surface area (Å²) in [6, 6.07) is 8.20. The van der Waals surface area contributed by atoms with Crippen molar-refractivity contribution >= 4 is 11.6 Å². The first kappa shape index (κ1) is 12.9. The molecule has 3 aromatic rings. The summed E-state index contributed by atoms with van der Waals surface area (Å²) in [6.07, 6.45) is 5.51.